The van der Waals surface area contributed by atoms with Gasteiger partial charge in [0.15, 0.2) is 5.96 Å². The molecule has 1 aromatic carbocycles. The quantitative estimate of drug-likeness (QED) is 0.568. The first-order chi connectivity index (χ1) is 13.1. The van der Waals surface area contributed by atoms with Gasteiger partial charge in [0.05, 0.1) is 12.2 Å². The Morgan fingerprint density at radius 1 is 1.26 bits per heavy atom. The van der Waals surface area contributed by atoms with Crippen LogP contribution in [0, 0.1) is 19.8 Å². The van der Waals surface area contributed by atoms with Crippen LogP contribution in [0.2, 0.25) is 0 Å². The summed E-state index contributed by atoms with van der Waals surface area (Å²) in [6.07, 6.45) is 2.39. The molecule has 146 valence electrons. The molecule has 0 saturated carbocycles. The molecule has 1 atom stereocenters. The molecule has 1 unspecified atom stereocenters. The van der Waals surface area contributed by atoms with Gasteiger partial charge < -0.3 is 15.5 Å². The second-order valence-corrected chi connectivity index (χ2v) is 8.53. The first-order valence-electron chi connectivity index (χ1n) is 9.77. The molecule has 5 nitrogen and oxygen atoms in total. The van der Waals surface area contributed by atoms with Gasteiger partial charge in [-0.3, -0.25) is 4.99 Å². The van der Waals surface area contributed by atoms with Gasteiger partial charge in [0.2, 0.25) is 0 Å². The van der Waals surface area contributed by atoms with E-state index in [1.165, 1.54) is 30.0 Å². The number of guanidine groups is 1. The van der Waals surface area contributed by atoms with E-state index < -0.39 is 0 Å². The Bertz CT molecular complexity index is 721. The maximum absolute atomic E-state index is 4.58. The number of thiazole rings is 1. The summed E-state index contributed by atoms with van der Waals surface area (Å²) in [5.74, 6) is 1.55. The highest BCUT2D eigenvalue weighted by Gasteiger charge is 2.22. The predicted octanol–water partition coefficient (Wildman–Crippen LogP) is 2.99. The fourth-order valence-electron chi connectivity index (χ4n) is 3.45. The van der Waals surface area contributed by atoms with Crippen LogP contribution < -0.4 is 10.6 Å². The lowest BCUT2D eigenvalue weighted by atomic mass is 10.1. The van der Waals surface area contributed by atoms with Crippen molar-refractivity contribution in [3.8, 4) is 0 Å². The van der Waals surface area contributed by atoms with Crippen molar-refractivity contribution in [1.29, 1.82) is 0 Å². The number of nitrogens with zero attached hydrogens (tertiary/aromatic N) is 3. The molecule has 1 aliphatic heterocycles. The Morgan fingerprint density at radius 3 is 2.78 bits per heavy atom. The molecule has 2 aromatic rings. The number of aryl methyl sites for hydroxylation is 2. The minimum absolute atomic E-state index is 0.684. The van der Waals surface area contributed by atoms with Gasteiger partial charge in [-0.1, -0.05) is 30.3 Å². The van der Waals surface area contributed by atoms with E-state index in [4.69, 9.17) is 0 Å². The lowest BCUT2D eigenvalue weighted by molar-refractivity contribution is 0.328. The summed E-state index contributed by atoms with van der Waals surface area (Å²) >= 11 is 1.75. The number of likely N-dealkylation sites (tertiary alicyclic amines) is 1. The summed E-state index contributed by atoms with van der Waals surface area (Å²) < 4.78 is 0. The Kier molecular flexibility index (Phi) is 7.24. The van der Waals surface area contributed by atoms with E-state index in [1.54, 1.807) is 11.3 Å². The zero-order chi connectivity index (χ0) is 19.1. The average molecular weight is 386 g/mol. The fourth-order valence-corrected chi connectivity index (χ4v) is 4.32. The predicted molar refractivity (Wildman–Crippen MR) is 114 cm³/mol. The highest BCUT2D eigenvalue weighted by atomic mass is 32.1. The molecule has 2 N–H and O–H groups in total. The third kappa shape index (κ3) is 6.04. The molecule has 27 heavy (non-hydrogen) atoms. The second kappa shape index (κ2) is 9.85. The molecule has 1 aliphatic rings. The summed E-state index contributed by atoms with van der Waals surface area (Å²) in [4.78, 5) is 12.8. The molecule has 3 rings (SSSR count). The van der Waals surface area contributed by atoms with E-state index in [9.17, 15) is 0 Å². The van der Waals surface area contributed by atoms with Crippen molar-refractivity contribution in [1.82, 2.24) is 20.5 Å². The molecular weight excluding hydrogens is 354 g/mol. The van der Waals surface area contributed by atoms with Crippen molar-refractivity contribution in [3.63, 3.8) is 0 Å². The first-order valence-corrected chi connectivity index (χ1v) is 10.6. The molecule has 0 radical (unpaired) electrons. The van der Waals surface area contributed by atoms with E-state index in [0.29, 0.717) is 5.92 Å². The van der Waals surface area contributed by atoms with Gasteiger partial charge in [0.25, 0.3) is 0 Å². The maximum Gasteiger partial charge on any atom is 0.191 e. The van der Waals surface area contributed by atoms with Crippen LogP contribution >= 0.6 is 11.3 Å². The number of aromatic nitrogens is 1. The molecule has 1 saturated heterocycles. The van der Waals surface area contributed by atoms with Crippen molar-refractivity contribution in [2.24, 2.45) is 10.9 Å². The largest absolute Gasteiger partial charge is 0.356 e. The van der Waals surface area contributed by atoms with E-state index in [-0.39, 0.29) is 0 Å². The third-order valence-corrected chi connectivity index (χ3v) is 6.26. The van der Waals surface area contributed by atoms with Gasteiger partial charge in [-0.05, 0) is 44.7 Å². The zero-order valence-corrected chi connectivity index (χ0v) is 17.5. The van der Waals surface area contributed by atoms with Gasteiger partial charge in [-0.25, -0.2) is 4.98 Å². The summed E-state index contributed by atoms with van der Waals surface area (Å²) in [5.41, 5.74) is 2.55. The summed E-state index contributed by atoms with van der Waals surface area (Å²) in [6, 6.07) is 10.8. The molecule has 1 fully saturated rings. The van der Waals surface area contributed by atoms with Crippen molar-refractivity contribution >= 4 is 17.3 Å². The van der Waals surface area contributed by atoms with E-state index in [0.717, 1.165) is 42.7 Å². The number of aliphatic imine (C=N–C) groups is 1. The Labute approximate surface area is 166 Å². The highest BCUT2D eigenvalue weighted by molar-refractivity contribution is 7.11. The molecule has 6 heteroatoms. The first kappa shape index (κ1) is 19.8. The van der Waals surface area contributed by atoms with Crippen molar-refractivity contribution in [2.75, 3.05) is 33.2 Å². The second-order valence-electron chi connectivity index (χ2n) is 7.25. The van der Waals surface area contributed by atoms with Crippen LogP contribution in [-0.4, -0.2) is 49.1 Å². The Hall–Kier alpha value is -1.92. The summed E-state index contributed by atoms with van der Waals surface area (Å²) in [5, 5.41) is 7.98. The monoisotopic (exact) mass is 385 g/mol. The van der Waals surface area contributed by atoms with E-state index >= 15 is 0 Å². The lowest BCUT2D eigenvalue weighted by Gasteiger charge is -2.17. The number of nitrogens with one attached hydrogen (secondary N) is 2. The number of hydrogen-bond donors (Lipinski definition) is 2. The van der Waals surface area contributed by atoms with Crippen LogP contribution in [-0.2, 0) is 13.0 Å². The average Bonchev–Trinajstić information content (AvgIpc) is 3.27. The minimum atomic E-state index is 0.684. The molecule has 0 aliphatic carbocycles. The topological polar surface area (TPSA) is 52.6 Å². The molecule has 0 bridgehead atoms. The Morgan fingerprint density at radius 2 is 2.07 bits per heavy atom. The fraction of sp³-hybridized carbons (Fsp3) is 0.524. The molecule has 0 amide bonds. The van der Waals surface area contributed by atoms with Crippen molar-refractivity contribution in [2.45, 2.75) is 33.2 Å². The van der Waals surface area contributed by atoms with Crippen LogP contribution in [0.1, 0.15) is 27.6 Å². The van der Waals surface area contributed by atoms with Crippen LogP contribution in [0.5, 0.6) is 0 Å². The number of rotatable bonds is 7. The van der Waals surface area contributed by atoms with Crippen LogP contribution in [0.25, 0.3) is 0 Å². The summed E-state index contributed by atoms with van der Waals surface area (Å²) in [6.45, 7) is 9.39. The van der Waals surface area contributed by atoms with Gasteiger partial charge in [0, 0.05) is 31.6 Å². The highest BCUT2D eigenvalue weighted by Crippen LogP contribution is 2.17. The normalized spacial score (nSPS) is 18.0. The smallest absolute Gasteiger partial charge is 0.191 e. The van der Waals surface area contributed by atoms with Crippen LogP contribution in [0.15, 0.2) is 35.3 Å². The van der Waals surface area contributed by atoms with Gasteiger partial charge >= 0.3 is 0 Å². The SMILES string of the molecule is CN=C(NCc1nc(C)c(C)s1)NCC1CCN(CCc2ccccc2)C1. The van der Waals surface area contributed by atoms with Gasteiger partial charge in [0.1, 0.15) is 5.01 Å². The molecule has 0 spiro atoms. The zero-order valence-electron chi connectivity index (χ0n) is 16.7. The standard InChI is InChI=1S/C21H31N5S/c1-16-17(2)27-20(25-16)14-24-21(22-3)23-13-19-10-12-26(15-19)11-9-18-7-5-4-6-8-18/h4-8,19H,9-15H2,1-3H3,(H2,22,23,24). The lowest BCUT2D eigenvalue weighted by Crippen LogP contribution is -2.40. The number of hydrogen-bond acceptors (Lipinski definition) is 4. The number of benzene rings is 1. The van der Waals surface area contributed by atoms with Gasteiger partial charge in [-0.2, -0.15) is 0 Å². The van der Waals surface area contributed by atoms with Crippen molar-refractivity contribution in [3.05, 3.63) is 51.5 Å². The van der Waals surface area contributed by atoms with E-state index in [1.807, 2.05) is 7.05 Å². The van der Waals surface area contributed by atoms with Crippen LogP contribution in [0.3, 0.4) is 0 Å². The summed E-state index contributed by atoms with van der Waals surface area (Å²) in [7, 11) is 1.83. The Balaban J connectivity index is 1.36. The molecular formula is C21H31N5S. The van der Waals surface area contributed by atoms with Crippen LogP contribution in [0.4, 0.5) is 0 Å². The third-order valence-electron chi connectivity index (χ3n) is 5.19. The van der Waals surface area contributed by atoms with Crippen molar-refractivity contribution < 1.29 is 0 Å². The maximum atomic E-state index is 4.58. The van der Waals surface area contributed by atoms with Gasteiger partial charge in [-0.15, -0.1) is 11.3 Å². The molecule has 1 aromatic heterocycles. The van der Waals surface area contributed by atoms with E-state index in [2.05, 4.69) is 69.7 Å². The molecule has 2 heterocycles. The minimum Gasteiger partial charge on any atom is -0.356 e.